The summed E-state index contributed by atoms with van der Waals surface area (Å²) in [5, 5.41) is 46.8. The van der Waals surface area contributed by atoms with Gasteiger partial charge >= 0.3 is 5.97 Å². The van der Waals surface area contributed by atoms with E-state index in [9.17, 15) is 25.3 Å². The van der Waals surface area contributed by atoms with Crippen LogP contribution in [0.5, 0.6) is 0 Å². The molecule has 12 heteroatoms. The number of esters is 1. The molecule has 54 heavy (non-hydrogen) atoms. The van der Waals surface area contributed by atoms with E-state index in [4.69, 9.17) is 28.4 Å². The number of nitrogens with zero attached hydrogens (tertiary/aromatic N) is 1. The fraction of sp³-hybridized carbons (Fsp3) is 0.762. The molecule has 1 unspecified atom stereocenters. The van der Waals surface area contributed by atoms with Crippen molar-refractivity contribution in [3.63, 3.8) is 0 Å². The zero-order chi connectivity index (χ0) is 38.4. The lowest BCUT2D eigenvalue weighted by Gasteiger charge is -2.51. The highest BCUT2D eigenvalue weighted by Gasteiger charge is 2.60. The van der Waals surface area contributed by atoms with Crippen LogP contribution in [0.3, 0.4) is 0 Å². The molecule has 2 aliphatic carbocycles. The van der Waals surface area contributed by atoms with Crippen molar-refractivity contribution in [3.05, 3.63) is 47.1 Å². The van der Waals surface area contributed by atoms with Gasteiger partial charge < -0.3 is 48.9 Å². The van der Waals surface area contributed by atoms with Crippen LogP contribution in [-0.4, -0.2) is 105 Å². The third-order valence-electron chi connectivity index (χ3n) is 13.3. The van der Waals surface area contributed by atoms with Gasteiger partial charge in [0.2, 0.25) is 0 Å². The molecule has 1 saturated carbocycles. The van der Waals surface area contributed by atoms with E-state index in [0.717, 1.165) is 24.8 Å². The molecular formula is C42H61NO11. The maximum atomic E-state index is 14.4. The van der Waals surface area contributed by atoms with Crippen LogP contribution in [0.25, 0.3) is 0 Å². The number of hydrogen-bond donors (Lipinski definition) is 4. The molecule has 0 aromatic heterocycles. The molecule has 12 nitrogen and oxygen atoms in total. The Bertz CT molecular complexity index is 1520. The van der Waals surface area contributed by atoms with E-state index in [1.807, 2.05) is 26.0 Å². The number of hydrogen-bond acceptors (Lipinski definition) is 12. The number of oxime groups is 1. The maximum Gasteiger partial charge on any atom is 0.316 e. The SMILES string of the molecule is CC1=C[C@H]2C(=O)O[C@H]3C[C@@H](C/C=C(\C)[C@@H](O[C@H]4CC(O)[C@@H](O)[C@H](C)O4)[C@@H](C)/C=C/C=C4\CO[C@H](/C1=N\O)[C@@]42O)O[C@@]1(CC[C@H](C)[C@@H](C2CCCCC2)O1)C3. The van der Waals surface area contributed by atoms with Crippen LogP contribution in [0, 0.1) is 23.7 Å². The summed E-state index contributed by atoms with van der Waals surface area (Å²) < 4.78 is 39.1. The molecule has 7 rings (SSSR count). The maximum absolute atomic E-state index is 14.4. The van der Waals surface area contributed by atoms with Gasteiger partial charge in [0.15, 0.2) is 12.1 Å². The molecular weight excluding hydrogens is 694 g/mol. The van der Waals surface area contributed by atoms with Gasteiger partial charge in [-0.2, -0.15) is 0 Å². The first kappa shape index (κ1) is 39.8. The Morgan fingerprint density at radius 3 is 2.52 bits per heavy atom. The van der Waals surface area contributed by atoms with Crippen LogP contribution in [0.15, 0.2) is 52.3 Å². The number of carbonyl (C=O) groups excluding carboxylic acids is 1. The van der Waals surface area contributed by atoms with Crippen molar-refractivity contribution in [1.29, 1.82) is 0 Å². The Morgan fingerprint density at radius 2 is 1.78 bits per heavy atom. The van der Waals surface area contributed by atoms with Crippen molar-refractivity contribution in [3.8, 4) is 0 Å². The van der Waals surface area contributed by atoms with Crippen LogP contribution in [-0.2, 0) is 33.2 Å². The van der Waals surface area contributed by atoms with Gasteiger partial charge in [0.05, 0.1) is 37.1 Å². The molecule has 4 saturated heterocycles. The third-order valence-corrected chi connectivity index (χ3v) is 13.3. The van der Waals surface area contributed by atoms with E-state index in [2.05, 4.69) is 18.2 Å². The van der Waals surface area contributed by atoms with Crippen molar-refractivity contribution >= 4 is 11.7 Å². The van der Waals surface area contributed by atoms with Crippen LogP contribution < -0.4 is 0 Å². The average Bonchev–Trinajstić information content (AvgIpc) is 3.48. The molecule has 0 amide bonds. The van der Waals surface area contributed by atoms with Gasteiger partial charge in [-0.05, 0) is 75.0 Å². The van der Waals surface area contributed by atoms with Gasteiger partial charge in [-0.15, -0.1) is 0 Å². The average molecular weight is 756 g/mol. The molecule has 5 aliphatic heterocycles. The number of rotatable bonds is 3. The van der Waals surface area contributed by atoms with Gasteiger partial charge in [0.1, 0.15) is 35.5 Å². The van der Waals surface area contributed by atoms with Crippen molar-refractivity contribution in [2.75, 3.05) is 6.61 Å². The highest BCUT2D eigenvalue weighted by atomic mass is 16.7. The van der Waals surface area contributed by atoms with Gasteiger partial charge in [-0.3, -0.25) is 4.79 Å². The first-order valence-electron chi connectivity index (χ1n) is 20.3. The topological polar surface area (TPSA) is 166 Å². The van der Waals surface area contributed by atoms with E-state index in [-0.39, 0.29) is 36.9 Å². The van der Waals surface area contributed by atoms with E-state index in [0.29, 0.717) is 48.7 Å². The summed E-state index contributed by atoms with van der Waals surface area (Å²) in [5.41, 5.74) is 0.264. The lowest BCUT2D eigenvalue weighted by molar-refractivity contribution is -0.342. The highest BCUT2D eigenvalue weighted by Crippen LogP contribution is 2.48. The molecule has 7 aliphatic rings. The molecule has 4 N–H and O–H groups in total. The van der Waals surface area contributed by atoms with E-state index >= 15 is 0 Å². The number of aliphatic hydroxyl groups excluding tert-OH is 2. The second kappa shape index (κ2) is 16.2. The Hall–Kier alpha value is -2.42. The Kier molecular flexibility index (Phi) is 11.9. The van der Waals surface area contributed by atoms with E-state index in [1.54, 1.807) is 26.0 Å². The lowest BCUT2D eigenvalue weighted by atomic mass is 9.71. The largest absolute Gasteiger partial charge is 0.462 e. The predicted molar refractivity (Wildman–Crippen MR) is 198 cm³/mol. The molecule has 14 atom stereocenters. The second-order valence-corrected chi connectivity index (χ2v) is 17.2. The zero-order valence-electron chi connectivity index (χ0n) is 32.5. The molecule has 1 spiro atoms. The monoisotopic (exact) mass is 755 g/mol. The van der Waals surface area contributed by atoms with E-state index in [1.165, 1.54) is 19.3 Å². The van der Waals surface area contributed by atoms with Crippen LogP contribution >= 0.6 is 0 Å². The van der Waals surface area contributed by atoms with E-state index < -0.39 is 66.2 Å². The predicted octanol–water partition coefficient (Wildman–Crippen LogP) is 5.42. The van der Waals surface area contributed by atoms with Crippen LogP contribution in [0.1, 0.15) is 105 Å². The summed E-state index contributed by atoms with van der Waals surface area (Å²) in [6.45, 7) is 9.79. The zero-order valence-corrected chi connectivity index (χ0v) is 32.5. The summed E-state index contributed by atoms with van der Waals surface area (Å²) in [7, 11) is 0. The molecule has 300 valence electrons. The Balaban J connectivity index is 1.25. The van der Waals surface area contributed by atoms with Gasteiger partial charge in [-0.1, -0.05) is 68.6 Å². The minimum absolute atomic E-state index is 0.0215. The Labute approximate surface area is 319 Å². The van der Waals surface area contributed by atoms with Gasteiger partial charge in [0.25, 0.3) is 0 Å². The van der Waals surface area contributed by atoms with Crippen molar-refractivity contribution in [1.82, 2.24) is 0 Å². The highest BCUT2D eigenvalue weighted by molar-refractivity contribution is 6.06. The van der Waals surface area contributed by atoms with Crippen molar-refractivity contribution in [2.24, 2.45) is 28.8 Å². The number of carbonyl (C=O) groups is 1. The molecule has 0 aromatic carbocycles. The number of ether oxygens (including phenoxy) is 6. The Morgan fingerprint density at radius 1 is 1.00 bits per heavy atom. The fourth-order valence-electron chi connectivity index (χ4n) is 10.2. The summed E-state index contributed by atoms with van der Waals surface area (Å²) in [6.07, 6.45) is 12.7. The summed E-state index contributed by atoms with van der Waals surface area (Å²) in [4.78, 5) is 14.4. The molecule has 5 heterocycles. The smallest absolute Gasteiger partial charge is 0.316 e. The summed E-state index contributed by atoms with van der Waals surface area (Å²) >= 11 is 0. The summed E-state index contributed by atoms with van der Waals surface area (Å²) in [6, 6.07) is 0. The third kappa shape index (κ3) is 7.79. The molecule has 5 fully saturated rings. The first-order valence-corrected chi connectivity index (χ1v) is 20.3. The minimum Gasteiger partial charge on any atom is -0.462 e. The van der Waals surface area contributed by atoms with Gasteiger partial charge in [0, 0.05) is 31.6 Å². The second-order valence-electron chi connectivity index (χ2n) is 17.2. The van der Waals surface area contributed by atoms with Crippen molar-refractivity contribution in [2.45, 2.75) is 172 Å². The quantitative estimate of drug-likeness (QED) is 0.126. The van der Waals surface area contributed by atoms with Crippen LogP contribution in [0.4, 0.5) is 0 Å². The summed E-state index contributed by atoms with van der Waals surface area (Å²) in [5.74, 6) is -1.92. The molecule has 2 bridgehead atoms. The number of fused-ring (bicyclic) bond motifs is 2. The first-order chi connectivity index (χ1) is 25.8. The lowest BCUT2D eigenvalue weighted by Crippen LogP contribution is -2.57. The van der Waals surface area contributed by atoms with Crippen LogP contribution in [0.2, 0.25) is 0 Å². The fourth-order valence-corrected chi connectivity index (χ4v) is 10.2. The number of aliphatic hydroxyl groups is 3. The standard InChI is InChI=1S/C42H61NO11/c1-23-10-9-13-29-22-49-39-35(43-48)26(4)18-32(42(29,39)47)40(46)51-31-19-30(15-14-24(2)37(23)52-34-20-33(44)36(45)27(5)50-34)53-41(21-31)17-16-25(3)38(54-41)28-11-7-6-8-12-28/h9-10,13-14,18,23,25,27-28,30-34,36-39,44-45,47-48H,6-8,11-12,15-17,19-22H2,1-5H3/b10-9+,24-14+,29-13+,43-35-/t23-,25-,27-,30+,31-,32-,33?,34-,36-,37-,38-,39+,41+,42+/m0/s1. The number of allylic oxidation sites excluding steroid dienone is 2. The molecule has 0 radical (unpaired) electrons. The van der Waals surface area contributed by atoms with Crippen molar-refractivity contribution < 1.29 is 53.7 Å². The van der Waals surface area contributed by atoms with Gasteiger partial charge in [-0.25, -0.2) is 0 Å². The normalized spacial score (nSPS) is 48.6. The minimum atomic E-state index is -1.84. The molecule has 0 aromatic rings.